The molecule has 0 saturated carbocycles. The Morgan fingerprint density at radius 1 is 1.37 bits per heavy atom. The van der Waals surface area contributed by atoms with E-state index in [1.807, 2.05) is 13.0 Å². The molecule has 1 aromatic rings. The number of methoxy groups -OCH3 is 1. The van der Waals surface area contributed by atoms with Gasteiger partial charge in [0.25, 0.3) is 0 Å². The van der Waals surface area contributed by atoms with E-state index in [9.17, 15) is 4.79 Å². The van der Waals surface area contributed by atoms with Gasteiger partial charge in [-0.15, -0.1) is 0 Å². The van der Waals surface area contributed by atoms with E-state index in [0.29, 0.717) is 5.82 Å². The van der Waals surface area contributed by atoms with Crippen LogP contribution < -0.4 is 0 Å². The number of aryl methyl sites for hydroxylation is 1. The SMILES string of the molecule is COC(=O)C1(c2nc(C)cc(C(C)(C)C)n2)COC1. The molecule has 0 aromatic carbocycles. The lowest BCUT2D eigenvalue weighted by molar-refractivity contribution is -0.167. The maximum absolute atomic E-state index is 12.0. The summed E-state index contributed by atoms with van der Waals surface area (Å²) in [4.78, 5) is 21.0. The minimum atomic E-state index is -0.833. The second-order valence-electron chi connectivity index (χ2n) is 6.03. The van der Waals surface area contributed by atoms with Crippen LogP contribution in [0, 0.1) is 6.92 Å². The summed E-state index contributed by atoms with van der Waals surface area (Å²) in [6.45, 7) is 8.73. The van der Waals surface area contributed by atoms with Crippen molar-refractivity contribution in [2.45, 2.75) is 38.5 Å². The fourth-order valence-electron chi connectivity index (χ4n) is 2.01. The molecule has 0 N–H and O–H groups in total. The Balaban J connectivity index is 2.50. The molecule has 0 aliphatic carbocycles. The van der Waals surface area contributed by atoms with Gasteiger partial charge in [0, 0.05) is 16.8 Å². The number of rotatable bonds is 2. The van der Waals surface area contributed by atoms with Gasteiger partial charge in [-0.05, 0) is 13.0 Å². The monoisotopic (exact) mass is 264 g/mol. The van der Waals surface area contributed by atoms with E-state index in [2.05, 4.69) is 30.7 Å². The first kappa shape index (κ1) is 13.9. The number of ether oxygens (including phenoxy) is 2. The van der Waals surface area contributed by atoms with Crippen molar-refractivity contribution in [1.82, 2.24) is 9.97 Å². The number of carbonyl (C=O) groups is 1. The van der Waals surface area contributed by atoms with Gasteiger partial charge in [-0.3, -0.25) is 4.79 Å². The van der Waals surface area contributed by atoms with Crippen molar-refractivity contribution in [2.75, 3.05) is 20.3 Å². The van der Waals surface area contributed by atoms with Gasteiger partial charge < -0.3 is 9.47 Å². The zero-order chi connectivity index (χ0) is 14.3. The molecule has 0 amide bonds. The van der Waals surface area contributed by atoms with E-state index in [1.165, 1.54) is 7.11 Å². The molecule has 0 atom stereocenters. The number of esters is 1. The molecule has 0 radical (unpaired) electrons. The third-order valence-corrected chi connectivity index (χ3v) is 3.32. The third kappa shape index (κ3) is 2.34. The smallest absolute Gasteiger partial charge is 0.324 e. The summed E-state index contributed by atoms with van der Waals surface area (Å²) in [5, 5.41) is 0. The summed E-state index contributed by atoms with van der Waals surface area (Å²) in [5.41, 5.74) is 0.848. The Labute approximate surface area is 113 Å². The minimum absolute atomic E-state index is 0.0929. The highest BCUT2D eigenvalue weighted by molar-refractivity contribution is 5.83. The van der Waals surface area contributed by atoms with Crippen molar-refractivity contribution in [1.29, 1.82) is 0 Å². The van der Waals surface area contributed by atoms with E-state index in [0.717, 1.165) is 11.4 Å². The average Bonchev–Trinajstić information content (AvgIpc) is 2.25. The molecule has 2 rings (SSSR count). The highest BCUT2D eigenvalue weighted by atomic mass is 16.5. The van der Waals surface area contributed by atoms with Crippen LogP contribution in [0.4, 0.5) is 0 Å². The van der Waals surface area contributed by atoms with Crippen LogP contribution in [-0.2, 0) is 25.1 Å². The van der Waals surface area contributed by atoms with Crippen molar-refractivity contribution in [2.24, 2.45) is 0 Å². The summed E-state index contributed by atoms with van der Waals surface area (Å²) >= 11 is 0. The summed E-state index contributed by atoms with van der Waals surface area (Å²) in [6.07, 6.45) is 0. The number of hydrogen-bond acceptors (Lipinski definition) is 5. The van der Waals surface area contributed by atoms with Gasteiger partial charge in [-0.25, -0.2) is 9.97 Å². The molecule has 104 valence electrons. The van der Waals surface area contributed by atoms with Crippen molar-refractivity contribution in [3.63, 3.8) is 0 Å². The number of nitrogens with zero attached hydrogens (tertiary/aromatic N) is 2. The molecular weight excluding hydrogens is 244 g/mol. The van der Waals surface area contributed by atoms with Crippen molar-refractivity contribution < 1.29 is 14.3 Å². The third-order valence-electron chi connectivity index (χ3n) is 3.32. The predicted octanol–water partition coefficient (Wildman–Crippen LogP) is 1.52. The van der Waals surface area contributed by atoms with Crippen LogP contribution in [-0.4, -0.2) is 36.3 Å². The largest absolute Gasteiger partial charge is 0.468 e. The molecule has 1 aliphatic rings. The highest BCUT2D eigenvalue weighted by Gasteiger charge is 2.51. The fourth-order valence-corrected chi connectivity index (χ4v) is 2.01. The van der Waals surface area contributed by atoms with Crippen LogP contribution in [0.25, 0.3) is 0 Å². The first-order valence-corrected chi connectivity index (χ1v) is 6.32. The molecule has 0 bridgehead atoms. The van der Waals surface area contributed by atoms with Crippen LogP contribution in [0.3, 0.4) is 0 Å². The maximum atomic E-state index is 12.0. The molecule has 5 nitrogen and oxygen atoms in total. The fraction of sp³-hybridized carbons (Fsp3) is 0.643. The standard InChI is InChI=1S/C14H20N2O3/c1-9-6-10(13(2,3)4)16-11(15-9)14(7-19-8-14)12(17)18-5/h6H,7-8H2,1-5H3. The van der Waals surface area contributed by atoms with E-state index in [4.69, 9.17) is 9.47 Å². The van der Waals surface area contributed by atoms with Gasteiger partial charge in [0.2, 0.25) is 0 Å². The van der Waals surface area contributed by atoms with Gasteiger partial charge in [0.05, 0.1) is 20.3 Å². The minimum Gasteiger partial charge on any atom is -0.468 e. The van der Waals surface area contributed by atoms with Crippen LogP contribution >= 0.6 is 0 Å². The van der Waals surface area contributed by atoms with Gasteiger partial charge >= 0.3 is 5.97 Å². The van der Waals surface area contributed by atoms with Crippen molar-refractivity contribution in [3.8, 4) is 0 Å². The Hall–Kier alpha value is -1.49. The summed E-state index contributed by atoms with van der Waals surface area (Å²) in [7, 11) is 1.38. The topological polar surface area (TPSA) is 61.3 Å². The maximum Gasteiger partial charge on any atom is 0.324 e. The van der Waals surface area contributed by atoms with Gasteiger partial charge in [-0.2, -0.15) is 0 Å². The van der Waals surface area contributed by atoms with Crippen LogP contribution in [0.2, 0.25) is 0 Å². The summed E-state index contributed by atoms with van der Waals surface area (Å²) in [5.74, 6) is 0.180. The van der Waals surface area contributed by atoms with E-state index >= 15 is 0 Å². The van der Waals surface area contributed by atoms with Gasteiger partial charge in [-0.1, -0.05) is 20.8 Å². The average molecular weight is 264 g/mol. The number of aromatic nitrogens is 2. The second-order valence-corrected chi connectivity index (χ2v) is 6.03. The predicted molar refractivity (Wildman–Crippen MR) is 70.0 cm³/mol. The molecule has 1 saturated heterocycles. The Bertz CT molecular complexity index is 502. The number of hydrogen-bond donors (Lipinski definition) is 0. The molecule has 19 heavy (non-hydrogen) atoms. The molecule has 5 heteroatoms. The number of carbonyl (C=O) groups excluding carboxylic acids is 1. The lowest BCUT2D eigenvalue weighted by atomic mass is 9.84. The molecule has 1 aromatic heterocycles. The van der Waals surface area contributed by atoms with Crippen molar-refractivity contribution in [3.05, 3.63) is 23.3 Å². The molecule has 2 heterocycles. The molecule has 0 unspecified atom stereocenters. The highest BCUT2D eigenvalue weighted by Crippen LogP contribution is 2.33. The second kappa shape index (κ2) is 4.56. The van der Waals surface area contributed by atoms with E-state index in [1.54, 1.807) is 0 Å². The lowest BCUT2D eigenvalue weighted by Crippen LogP contribution is -2.55. The van der Waals surface area contributed by atoms with Gasteiger partial charge in [0.15, 0.2) is 11.2 Å². The Kier molecular flexibility index (Phi) is 3.34. The first-order valence-electron chi connectivity index (χ1n) is 6.32. The normalized spacial score (nSPS) is 17.7. The Morgan fingerprint density at radius 2 is 2.00 bits per heavy atom. The molecular formula is C14H20N2O3. The van der Waals surface area contributed by atoms with E-state index in [-0.39, 0.29) is 24.6 Å². The Morgan fingerprint density at radius 3 is 2.42 bits per heavy atom. The zero-order valence-corrected chi connectivity index (χ0v) is 12.1. The zero-order valence-electron chi connectivity index (χ0n) is 12.1. The summed E-state index contributed by atoms with van der Waals surface area (Å²) < 4.78 is 10.1. The molecule has 0 spiro atoms. The summed E-state index contributed by atoms with van der Waals surface area (Å²) in [6, 6.07) is 1.95. The van der Waals surface area contributed by atoms with Crippen molar-refractivity contribution >= 4 is 5.97 Å². The lowest BCUT2D eigenvalue weighted by Gasteiger charge is -2.37. The van der Waals surface area contributed by atoms with Crippen LogP contribution in [0.1, 0.15) is 38.0 Å². The van der Waals surface area contributed by atoms with E-state index < -0.39 is 5.41 Å². The molecule has 1 aliphatic heterocycles. The van der Waals surface area contributed by atoms with Crippen LogP contribution in [0.15, 0.2) is 6.07 Å². The van der Waals surface area contributed by atoms with Crippen LogP contribution in [0.5, 0.6) is 0 Å². The quantitative estimate of drug-likeness (QED) is 0.758. The molecule has 1 fully saturated rings. The van der Waals surface area contributed by atoms with Gasteiger partial charge in [0.1, 0.15) is 0 Å². The first-order chi connectivity index (χ1) is 8.79.